The first-order valence-electron chi connectivity index (χ1n) is 9.56. The Hall–Kier alpha value is -4.33. The number of aromatic amines is 1. The first kappa shape index (κ1) is 20.0. The Labute approximate surface area is 178 Å². The molecule has 0 unspecified atom stereocenters. The maximum Gasteiger partial charge on any atom is 0.335 e. The number of aromatic carboxylic acids is 1. The molecule has 3 aromatic carbocycles. The van der Waals surface area contributed by atoms with E-state index >= 15 is 0 Å². The zero-order valence-corrected chi connectivity index (χ0v) is 16.7. The third kappa shape index (κ3) is 4.32. The average Bonchev–Trinajstić information content (AvgIpc) is 3.32. The summed E-state index contributed by atoms with van der Waals surface area (Å²) in [5.74, 6) is -0.690. The molecule has 0 saturated heterocycles. The van der Waals surface area contributed by atoms with E-state index in [0.29, 0.717) is 18.1 Å². The summed E-state index contributed by atoms with van der Waals surface area (Å²) in [5.41, 5.74) is 4.40. The van der Waals surface area contributed by atoms with Gasteiger partial charge in [0.05, 0.1) is 12.1 Å². The number of anilines is 1. The summed E-state index contributed by atoms with van der Waals surface area (Å²) >= 11 is 0. The Morgan fingerprint density at radius 2 is 1.71 bits per heavy atom. The normalized spacial score (nSPS) is 10.6. The van der Waals surface area contributed by atoms with Crippen LogP contribution < -0.4 is 4.90 Å². The van der Waals surface area contributed by atoms with Crippen molar-refractivity contribution in [2.24, 2.45) is 0 Å². The van der Waals surface area contributed by atoms with Crippen LogP contribution in [0.1, 0.15) is 22.8 Å². The van der Waals surface area contributed by atoms with Gasteiger partial charge in [-0.3, -0.25) is 4.79 Å². The van der Waals surface area contributed by atoms with Crippen molar-refractivity contribution < 1.29 is 14.7 Å². The van der Waals surface area contributed by atoms with Gasteiger partial charge < -0.3 is 10.0 Å². The highest BCUT2D eigenvalue weighted by Crippen LogP contribution is 2.30. The molecule has 0 spiro atoms. The number of hydrogen-bond donors (Lipinski definition) is 2. The van der Waals surface area contributed by atoms with Crippen molar-refractivity contribution in [3.63, 3.8) is 0 Å². The van der Waals surface area contributed by atoms with Gasteiger partial charge in [-0.1, -0.05) is 54.6 Å². The van der Waals surface area contributed by atoms with E-state index in [2.05, 4.69) is 20.6 Å². The summed E-state index contributed by atoms with van der Waals surface area (Å²) < 4.78 is 0. The third-order valence-corrected chi connectivity index (χ3v) is 4.90. The summed E-state index contributed by atoms with van der Waals surface area (Å²) in [6, 6.07) is 22.0. The van der Waals surface area contributed by atoms with Crippen molar-refractivity contribution in [1.82, 2.24) is 20.6 Å². The second kappa shape index (κ2) is 8.58. The van der Waals surface area contributed by atoms with Crippen LogP contribution in [0.3, 0.4) is 0 Å². The zero-order valence-electron chi connectivity index (χ0n) is 16.7. The van der Waals surface area contributed by atoms with Crippen molar-refractivity contribution >= 4 is 17.6 Å². The minimum atomic E-state index is -1.03. The van der Waals surface area contributed by atoms with Crippen molar-refractivity contribution in [2.75, 3.05) is 4.90 Å². The Balaban J connectivity index is 1.61. The number of aromatic nitrogens is 4. The second-order valence-corrected chi connectivity index (χ2v) is 6.94. The Morgan fingerprint density at radius 3 is 2.35 bits per heavy atom. The molecule has 0 aliphatic carbocycles. The molecule has 0 bridgehead atoms. The lowest BCUT2D eigenvalue weighted by atomic mass is 9.98. The van der Waals surface area contributed by atoms with Crippen LogP contribution in [0.5, 0.6) is 0 Å². The number of rotatable bonds is 6. The number of carbonyl (C=O) groups excluding carboxylic acids is 1. The molecule has 0 radical (unpaired) electrons. The lowest BCUT2D eigenvalue weighted by Gasteiger charge is -2.22. The molecule has 4 rings (SSSR count). The van der Waals surface area contributed by atoms with Crippen molar-refractivity contribution in [1.29, 1.82) is 0 Å². The van der Waals surface area contributed by atoms with Crippen LogP contribution in [0.15, 0.2) is 72.8 Å². The highest BCUT2D eigenvalue weighted by atomic mass is 16.4. The molecule has 0 fully saturated rings. The molecule has 1 amide bonds. The molecule has 0 aliphatic rings. The largest absolute Gasteiger partial charge is 0.478 e. The van der Waals surface area contributed by atoms with E-state index in [4.69, 9.17) is 0 Å². The number of carboxylic acid groups (broad SMARTS) is 1. The summed E-state index contributed by atoms with van der Waals surface area (Å²) in [6.07, 6.45) is 0. The molecule has 1 aromatic heterocycles. The lowest BCUT2D eigenvalue weighted by molar-refractivity contribution is -0.116. The van der Waals surface area contributed by atoms with E-state index in [1.807, 2.05) is 48.5 Å². The quantitative estimate of drug-likeness (QED) is 0.497. The number of benzene rings is 3. The van der Waals surface area contributed by atoms with Crippen LogP contribution in [0.4, 0.5) is 5.69 Å². The standard InChI is InChI=1S/C23H19N5O3/c1-15(29)28(19-6-4-5-18(13-19)23(30)31)14-16-9-11-17(12-10-16)20-7-2-3-8-21(20)22-24-26-27-25-22/h2-13H,14H2,1H3,(H,30,31)(H,24,25,26,27). The van der Waals surface area contributed by atoms with Gasteiger partial charge in [0.1, 0.15) is 0 Å². The summed E-state index contributed by atoms with van der Waals surface area (Å²) in [4.78, 5) is 25.1. The smallest absolute Gasteiger partial charge is 0.335 e. The van der Waals surface area contributed by atoms with E-state index in [1.54, 1.807) is 17.0 Å². The molecular formula is C23H19N5O3. The molecule has 8 nitrogen and oxygen atoms in total. The molecule has 0 atom stereocenters. The SMILES string of the molecule is CC(=O)N(Cc1ccc(-c2ccccc2-c2nn[nH]n2)cc1)c1cccc(C(=O)O)c1. The molecular weight excluding hydrogens is 394 g/mol. The number of tetrazole rings is 1. The summed E-state index contributed by atoms with van der Waals surface area (Å²) in [7, 11) is 0. The highest BCUT2D eigenvalue weighted by Gasteiger charge is 2.15. The molecule has 154 valence electrons. The Kier molecular flexibility index (Phi) is 5.53. The van der Waals surface area contributed by atoms with Crippen LogP contribution in [-0.4, -0.2) is 37.6 Å². The molecule has 4 aromatic rings. The minimum Gasteiger partial charge on any atom is -0.478 e. The van der Waals surface area contributed by atoms with Gasteiger partial charge >= 0.3 is 5.97 Å². The molecule has 0 saturated carbocycles. The second-order valence-electron chi connectivity index (χ2n) is 6.94. The van der Waals surface area contributed by atoms with E-state index in [9.17, 15) is 14.7 Å². The van der Waals surface area contributed by atoms with E-state index in [0.717, 1.165) is 22.3 Å². The van der Waals surface area contributed by atoms with Crippen LogP contribution in [0.2, 0.25) is 0 Å². The summed E-state index contributed by atoms with van der Waals surface area (Å²) in [6.45, 7) is 1.79. The predicted octanol–water partition coefficient (Wildman–Crippen LogP) is 3.79. The van der Waals surface area contributed by atoms with Crippen molar-refractivity contribution in [3.05, 3.63) is 83.9 Å². The number of hydrogen-bond acceptors (Lipinski definition) is 5. The van der Waals surface area contributed by atoms with E-state index < -0.39 is 5.97 Å². The predicted molar refractivity (Wildman–Crippen MR) is 115 cm³/mol. The number of amides is 1. The van der Waals surface area contributed by atoms with Gasteiger partial charge in [0.25, 0.3) is 0 Å². The number of nitrogens with zero attached hydrogens (tertiary/aromatic N) is 4. The maximum atomic E-state index is 12.3. The summed E-state index contributed by atoms with van der Waals surface area (Å²) in [5, 5.41) is 23.5. The van der Waals surface area contributed by atoms with E-state index in [-0.39, 0.29) is 11.5 Å². The van der Waals surface area contributed by atoms with Gasteiger partial charge in [0.15, 0.2) is 0 Å². The van der Waals surface area contributed by atoms with Crippen LogP contribution >= 0.6 is 0 Å². The van der Waals surface area contributed by atoms with Gasteiger partial charge in [-0.05, 0) is 40.1 Å². The maximum absolute atomic E-state index is 12.3. The molecule has 2 N–H and O–H groups in total. The van der Waals surface area contributed by atoms with Crippen LogP contribution in [0.25, 0.3) is 22.5 Å². The van der Waals surface area contributed by atoms with Crippen LogP contribution in [-0.2, 0) is 11.3 Å². The number of carbonyl (C=O) groups is 2. The van der Waals surface area contributed by atoms with Crippen LogP contribution in [0, 0.1) is 0 Å². The zero-order chi connectivity index (χ0) is 21.8. The molecule has 8 heteroatoms. The van der Waals surface area contributed by atoms with Gasteiger partial charge in [0, 0.05) is 18.2 Å². The first-order valence-corrected chi connectivity index (χ1v) is 9.56. The average molecular weight is 413 g/mol. The fourth-order valence-corrected chi connectivity index (χ4v) is 3.37. The van der Waals surface area contributed by atoms with Gasteiger partial charge in [0.2, 0.25) is 11.7 Å². The lowest BCUT2D eigenvalue weighted by Crippen LogP contribution is -2.28. The molecule has 1 heterocycles. The highest BCUT2D eigenvalue weighted by molar-refractivity contribution is 5.94. The fraction of sp³-hybridized carbons (Fsp3) is 0.0870. The van der Waals surface area contributed by atoms with Gasteiger partial charge in [-0.15, -0.1) is 10.2 Å². The number of carboxylic acids is 1. The topological polar surface area (TPSA) is 112 Å². The fourth-order valence-electron chi connectivity index (χ4n) is 3.37. The van der Waals surface area contributed by atoms with Gasteiger partial charge in [-0.25, -0.2) is 4.79 Å². The Morgan fingerprint density at radius 1 is 0.968 bits per heavy atom. The number of H-pyrrole nitrogens is 1. The monoisotopic (exact) mass is 413 g/mol. The molecule has 31 heavy (non-hydrogen) atoms. The van der Waals surface area contributed by atoms with E-state index in [1.165, 1.54) is 19.1 Å². The van der Waals surface area contributed by atoms with Crippen molar-refractivity contribution in [2.45, 2.75) is 13.5 Å². The molecule has 0 aliphatic heterocycles. The number of nitrogens with one attached hydrogen (secondary N) is 1. The minimum absolute atomic E-state index is 0.136. The Bertz CT molecular complexity index is 1220. The van der Waals surface area contributed by atoms with Gasteiger partial charge in [-0.2, -0.15) is 5.21 Å². The third-order valence-electron chi connectivity index (χ3n) is 4.90. The van der Waals surface area contributed by atoms with Crippen molar-refractivity contribution in [3.8, 4) is 22.5 Å². The first-order chi connectivity index (χ1) is 15.0.